The summed E-state index contributed by atoms with van der Waals surface area (Å²) in [5.74, 6) is 0. The Labute approximate surface area is 111 Å². The molecule has 98 valence electrons. The molecule has 0 aliphatic carbocycles. The highest BCUT2D eigenvalue weighted by Crippen LogP contribution is 2.10. The Morgan fingerprint density at radius 1 is 0.812 bits per heavy atom. The van der Waals surface area contributed by atoms with Gasteiger partial charge in [-0.15, -0.1) is 0 Å². The summed E-state index contributed by atoms with van der Waals surface area (Å²) in [5, 5.41) is 3.39. The van der Waals surface area contributed by atoms with Gasteiger partial charge in [-0.2, -0.15) is 0 Å². The third-order valence-electron chi connectivity index (χ3n) is 2.96. The Bertz CT molecular complexity index is 126. The highest BCUT2D eigenvalue weighted by atomic mass is 79.9. The van der Waals surface area contributed by atoms with Crippen LogP contribution in [0.1, 0.15) is 78.1 Å². The highest BCUT2D eigenvalue weighted by Gasteiger charge is 1.94. The van der Waals surface area contributed by atoms with Gasteiger partial charge in [-0.25, -0.2) is 0 Å². The average molecular weight is 292 g/mol. The molecule has 0 heterocycles. The predicted octanol–water partition coefficient (Wildman–Crippen LogP) is 5.24. The molecule has 0 amide bonds. The van der Waals surface area contributed by atoms with E-state index in [1.807, 2.05) is 0 Å². The summed E-state index contributed by atoms with van der Waals surface area (Å²) >= 11 is 3.49. The molecule has 0 rings (SSSR count). The first-order valence-electron chi connectivity index (χ1n) is 7.14. The van der Waals surface area contributed by atoms with Crippen LogP contribution in [-0.4, -0.2) is 11.5 Å². The number of nitrogens with one attached hydrogen (secondary N) is 1. The number of alkyl halides is 1. The first-order chi connectivity index (χ1) is 7.77. The van der Waals surface area contributed by atoms with Crippen molar-refractivity contribution in [2.75, 3.05) is 6.54 Å². The SMILES string of the molecule is CCCCCCCCCCCCNC(C)Br. The van der Waals surface area contributed by atoms with E-state index in [0.29, 0.717) is 4.95 Å². The minimum absolute atomic E-state index is 0.464. The summed E-state index contributed by atoms with van der Waals surface area (Å²) in [5.41, 5.74) is 0. The quantitative estimate of drug-likeness (QED) is 0.295. The highest BCUT2D eigenvalue weighted by molar-refractivity contribution is 9.09. The summed E-state index contributed by atoms with van der Waals surface area (Å²) in [6, 6.07) is 0. The summed E-state index contributed by atoms with van der Waals surface area (Å²) in [4.78, 5) is 0.464. The molecule has 0 fully saturated rings. The first kappa shape index (κ1) is 16.4. The molecule has 0 aromatic rings. The fraction of sp³-hybridized carbons (Fsp3) is 1.00. The van der Waals surface area contributed by atoms with Crippen molar-refractivity contribution in [3.63, 3.8) is 0 Å². The predicted molar refractivity (Wildman–Crippen MR) is 78.2 cm³/mol. The molecule has 0 aliphatic rings. The van der Waals surface area contributed by atoms with Gasteiger partial charge in [-0.1, -0.05) is 80.6 Å². The fourth-order valence-electron chi connectivity index (χ4n) is 1.91. The van der Waals surface area contributed by atoms with Gasteiger partial charge in [0.1, 0.15) is 0 Å². The molecule has 0 aromatic carbocycles. The molecular formula is C14H30BrN. The molecule has 16 heavy (non-hydrogen) atoms. The lowest BCUT2D eigenvalue weighted by Gasteiger charge is -2.06. The molecule has 1 unspecified atom stereocenters. The molecule has 0 spiro atoms. The van der Waals surface area contributed by atoms with Gasteiger partial charge in [0.25, 0.3) is 0 Å². The van der Waals surface area contributed by atoms with E-state index < -0.39 is 0 Å². The Morgan fingerprint density at radius 3 is 1.69 bits per heavy atom. The molecule has 1 nitrogen and oxygen atoms in total. The fourth-order valence-corrected chi connectivity index (χ4v) is 2.14. The molecule has 2 heteroatoms. The number of hydrogen-bond donors (Lipinski definition) is 1. The van der Waals surface area contributed by atoms with E-state index in [1.54, 1.807) is 0 Å². The van der Waals surface area contributed by atoms with E-state index in [4.69, 9.17) is 0 Å². The molecule has 1 atom stereocenters. The van der Waals surface area contributed by atoms with Crippen molar-refractivity contribution in [3.8, 4) is 0 Å². The largest absolute Gasteiger partial charge is 0.305 e. The van der Waals surface area contributed by atoms with Gasteiger partial charge in [0.15, 0.2) is 0 Å². The van der Waals surface area contributed by atoms with Gasteiger partial charge in [0, 0.05) is 0 Å². The third kappa shape index (κ3) is 14.4. The molecule has 0 aliphatic heterocycles. The molecular weight excluding hydrogens is 262 g/mol. The molecule has 0 aromatic heterocycles. The zero-order chi connectivity index (χ0) is 12.1. The van der Waals surface area contributed by atoms with E-state index >= 15 is 0 Å². The summed E-state index contributed by atoms with van der Waals surface area (Å²) in [6.45, 7) is 5.57. The molecule has 0 radical (unpaired) electrons. The van der Waals surface area contributed by atoms with Gasteiger partial charge < -0.3 is 5.32 Å². The first-order valence-corrected chi connectivity index (χ1v) is 8.06. The topological polar surface area (TPSA) is 12.0 Å². The van der Waals surface area contributed by atoms with Crippen LogP contribution in [0.15, 0.2) is 0 Å². The second-order valence-corrected chi connectivity index (χ2v) is 6.13. The average Bonchev–Trinajstić information content (AvgIpc) is 2.25. The van der Waals surface area contributed by atoms with Crippen LogP contribution in [0.5, 0.6) is 0 Å². The van der Waals surface area contributed by atoms with Crippen LogP contribution in [0, 0.1) is 0 Å². The minimum atomic E-state index is 0.464. The molecule has 0 saturated heterocycles. The van der Waals surface area contributed by atoms with Crippen molar-refractivity contribution in [2.24, 2.45) is 0 Å². The van der Waals surface area contributed by atoms with Crippen molar-refractivity contribution in [1.82, 2.24) is 5.32 Å². The standard InChI is InChI=1S/C14H30BrN/c1-3-4-5-6-7-8-9-10-11-12-13-16-14(2)15/h14,16H,3-13H2,1-2H3. The smallest absolute Gasteiger partial charge is 0.0602 e. The van der Waals surface area contributed by atoms with Crippen LogP contribution in [0.25, 0.3) is 0 Å². The van der Waals surface area contributed by atoms with Crippen molar-refractivity contribution >= 4 is 15.9 Å². The van der Waals surface area contributed by atoms with Gasteiger partial charge in [0.2, 0.25) is 0 Å². The Kier molecular flexibility index (Phi) is 13.9. The van der Waals surface area contributed by atoms with Crippen LogP contribution < -0.4 is 5.32 Å². The van der Waals surface area contributed by atoms with Crippen molar-refractivity contribution in [3.05, 3.63) is 0 Å². The molecule has 0 bridgehead atoms. The Balaban J connectivity index is 2.88. The van der Waals surface area contributed by atoms with E-state index in [0.717, 1.165) is 6.54 Å². The van der Waals surface area contributed by atoms with Crippen molar-refractivity contribution < 1.29 is 0 Å². The van der Waals surface area contributed by atoms with E-state index in [1.165, 1.54) is 64.2 Å². The zero-order valence-corrected chi connectivity index (χ0v) is 12.8. The summed E-state index contributed by atoms with van der Waals surface area (Å²) in [7, 11) is 0. The van der Waals surface area contributed by atoms with E-state index in [9.17, 15) is 0 Å². The van der Waals surface area contributed by atoms with Crippen LogP contribution in [0.4, 0.5) is 0 Å². The zero-order valence-electron chi connectivity index (χ0n) is 11.2. The number of halogens is 1. The van der Waals surface area contributed by atoms with Crippen LogP contribution in [0.3, 0.4) is 0 Å². The normalized spacial score (nSPS) is 12.9. The van der Waals surface area contributed by atoms with Gasteiger partial charge in [-0.3, -0.25) is 0 Å². The molecule has 1 N–H and O–H groups in total. The van der Waals surface area contributed by atoms with Crippen LogP contribution in [-0.2, 0) is 0 Å². The number of rotatable bonds is 12. The number of unbranched alkanes of at least 4 members (excludes halogenated alkanes) is 9. The monoisotopic (exact) mass is 291 g/mol. The van der Waals surface area contributed by atoms with Crippen molar-refractivity contribution in [2.45, 2.75) is 83.0 Å². The lowest BCUT2D eigenvalue weighted by Crippen LogP contribution is -2.20. The van der Waals surface area contributed by atoms with Gasteiger partial charge in [-0.05, 0) is 19.9 Å². The third-order valence-corrected chi connectivity index (χ3v) is 3.28. The van der Waals surface area contributed by atoms with Crippen molar-refractivity contribution in [1.29, 1.82) is 0 Å². The van der Waals surface area contributed by atoms with Crippen LogP contribution in [0.2, 0.25) is 0 Å². The summed E-state index contributed by atoms with van der Waals surface area (Å²) in [6.07, 6.45) is 14.2. The van der Waals surface area contributed by atoms with E-state index in [-0.39, 0.29) is 0 Å². The second-order valence-electron chi connectivity index (χ2n) is 4.75. The maximum Gasteiger partial charge on any atom is 0.0602 e. The second kappa shape index (κ2) is 13.5. The molecule has 0 saturated carbocycles. The number of hydrogen-bond acceptors (Lipinski definition) is 1. The Morgan fingerprint density at radius 2 is 1.25 bits per heavy atom. The van der Waals surface area contributed by atoms with E-state index in [2.05, 4.69) is 35.1 Å². The minimum Gasteiger partial charge on any atom is -0.305 e. The Hall–Kier alpha value is 0.440. The summed E-state index contributed by atoms with van der Waals surface area (Å²) < 4.78 is 0. The van der Waals surface area contributed by atoms with Gasteiger partial charge in [0.05, 0.1) is 4.95 Å². The van der Waals surface area contributed by atoms with Crippen LogP contribution >= 0.6 is 15.9 Å². The maximum atomic E-state index is 3.49. The lowest BCUT2D eigenvalue weighted by molar-refractivity contribution is 0.544. The lowest BCUT2D eigenvalue weighted by atomic mass is 10.1. The maximum absolute atomic E-state index is 3.49. The van der Waals surface area contributed by atoms with Gasteiger partial charge >= 0.3 is 0 Å².